The molecule has 0 aromatic heterocycles. The minimum Gasteiger partial charge on any atom is -0.492 e. The van der Waals surface area contributed by atoms with Crippen LogP contribution in [-0.2, 0) is 49.5 Å². The Balaban J connectivity index is 1.43. The van der Waals surface area contributed by atoms with Gasteiger partial charge in [-0.2, -0.15) is 0 Å². The number of carbonyl (C=O) groups is 4. The molecular weight excluding hydrogens is 608 g/mol. The summed E-state index contributed by atoms with van der Waals surface area (Å²) in [4.78, 5) is 55.8. The fourth-order valence-electron chi connectivity index (χ4n) is 5.72. The molecule has 47 heavy (non-hydrogen) atoms. The average Bonchev–Trinajstić information content (AvgIpc) is 3.34. The molecule has 3 aliphatic heterocycles. The van der Waals surface area contributed by atoms with Crippen LogP contribution in [0.1, 0.15) is 17.2 Å². The molecule has 0 radical (unpaired) electrons. The quantitative estimate of drug-likeness (QED) is 0.302. The standard InChI is InChI=1S/C35H32N2O10/c38-30-16-17-31(39)45-34(44-30)35(46-32(40)18-19-33(41)47-35)37(21-20-36(34)22-23-43-28-14-8-3-9-15-28)29(27-12-6-2-7-13-27)25-42-24-26-10-4-1-5-11-26/h1-19,29H,20-25H2/t29-/m0/s1. The van der Waals surface area contributed by atoms with Gasteiger partial charge in [-0.05, 0) is 23.3 Å². The summed E-state index contributed by atoms with van der Waals surface area (Å²) in [5.41, 5.74) is 1.62. The van der Waals surface area contributed by atoms with Crippen LogP contribution in [0.2, 0.25) is 0 Å². The molecule has 0 amide bonds. The summed E-state index contributed by atoms with van der Waals surface area (Å²) >= 11 is 0. The van der Waals surface area contributed by atoms with Gasteiger partial charge in [0.15, 0.2) is 0 Å². The summed E-state index contributed by atoms with van der Waals surface area (Å²) in [6, 6.07) is 26.9. The molecule has 12 heteroatoms. The number of para-hydroxylation sites is 1. The number of rotatable bonds is 10. The summed E-state index contributed by atoms with van der Waals surface area (Å²) in [6.45, 7) is 0.445. The largest absolute Gasteiger partial charge is 0.492 e. The van der Waals surface area contributed by atoms with Gasteiger partial charge in [-0.15, -0.1) is 0 Å². The summed E-state index contributed by atoms with van der Waals surface area (Å²) in [7, 11) is 0. The van der Waals surface area contributed by atoms with Gasteiger partial charge < -0.3 is 28.4 Å². The number of piperazine rings is 1. The number of esters is 4. The van der Waals surface area contributed by atoms with E-state index in [0.717, 1.165) is 29.9 Å². The second-order valence-corrected chi connectivity index (χ2v) is 10.8. The van der Waals surface area contributed by atoms with E-state index < -0.39 is 41.7 Å². The van der Waals surface area contributed by atoms with Crippen molar-refractivity contribution >= 4 is 23.9 Å². The van der Waals surface area contributed by atoms with Crippen molar-refractivity contribution in [1.82, 2.24) is 9.80 Å². The molecule has 242 valence electrons. The van der Waals surface area contributed by atoms with Gasteiger partial charge >= 0.3 is 35.7 Å². The second kappa shape index (κ2) is 14.0. The highest BCUT2D eigenvalue weighted by molar-refractivity contribution is 5.95. The van der Waals surface area contributed by atoms with Crippen molar-refractivity contribution in [3.8, 4) is 5.75 Å². The molecule has 0 bridgehead atoms. The fraction of sp³-hybridized carbons (Fsp3) is 0.257. The topological polar surface area (TPSA) is 130 Å². The van der Waals surface area contributed by atoms with Crippen LogP contribution in [0.25, 0.3) is 0 Å². The van der Waals surface area contributed by atoms with Gasteiger partial charge in [0.25, 0.3) is 0 Å². The monoisotopic (exact) mass is 640 g/mol. The first-order valence-electron chi connectivity index (χ1n) is 15.0. The maximum Gasteiger partial charge on any atom is 0.420 e. The van der Waals surface area contributed by atoms with Crippen LogP contribution < -0.4 is 4.74 Å². The van der Waals surface area contributed by atoms with Gasteiger partial charge in [0.2, 0.25) is 0 Å². The van der Waals surface area contributed by atoms with Crippen molar-refractivity contribution < 1.29 is 47.6 Å². The Hall–Kier alpha value is -5.30. The van der Waals surface area contributed by atoms with Crippen LogP contribution in [0.3, 0.4) is 0 Å². The molecule has 6 rings (SSSR count). The zero-order valence-electron chi connectivity index (χ0n) is 25.3. The average molecular weight is 641 g/mol. The number of carbonyl (C=O) groups excluding carboxylic acids is 4. The van der Waals surface area contributed by atoms with Gasteiger partial charge in [0.05, 0.1) is 19.3 Å². The molecule has 0 unspecified atom stereocenters. The van der Waals surface area contributed by atoms with Crippen molar-refractivity contribution in [2.75, 3.05) is 32.8 Å². The molecule has 0 N–H and O–H groups in total. The Morgan fingerprint density at radius 3 is 1.72 bits per heavy atom. The molecule has 3 heterocycles. The van der Waals surface area contributed by atoms with E-state index in [0.29, 0.717) is 11.3 Å². The predicted octanol–water partition coefficient (Wildman–Crippen LogP) is 3.26. The van der Waals surface area contributed by atoms with Gasteiger partial charge in [0, 0.05) is 43.9 Å². The molecule has 1 fully saturated rings. The number of hydrogen-bond donors (Lipinski definition) is 0. The van der Waals surface area contributed by atoms with Crippen LogP contribution in [0.15, 0.2) is 115 Å². The SMILES string of the molecule is O=C1C=CC(=O)OC2(O1)N(CCOc1ccccc1)CCN([C@@H](COCc1ccccc1)c1ccccc1)C21OC(=O)C=CC(=O)O1. The summed E-state index contributed by atoms with van der Waals surface area (Å²) < 4.78 is 35.8. The minimum atomic E-state index is -2.64. The van der Waals surface area contributed by atoms with Crippen LogP contribution in [0.5, 0.6) is 5.75 Å². The first-order chi connectivity index (χ1) is 22.9. The Kier molecular flexibility index (Phi) is 9.43. The molecule has 3 aromatic rings. The Morgan fingerprint density at radius 1 is 0.638 bits per heavy atom. The molecule has 12 nitrogen and oxygen atoms in total. The number of fused-ring (bicyclic) bond motifs is 1. The van der Waals surface area contributed by atoms with E-state index in [2.05, 4.69) is 0 Å². The second-order valence-electron chi connectivity index (χ2n) is 10.8. The van der Waals surface area contributed by atoms with E-state index in [9.17, 15) is 19.2 Å². The number of nitrogens with zero attached hydrogens (tertiary/aromatic N) is 2. The lowest BCUT2D eigenvalue weighted by Gasteiger charge is -2.57. The highest BCUT2D eigenvalue weighted by atomic mass is 16.8. The molecule has 1 atom stereocenters. The Morgan fingerprint density at radius 2 is 1.15 bits per heavy atom. The van der Waals surface area contributed by atoms with Crippen molar-refractivity contribution in [3.05, 3.63) is 126 Å². The third kappa shape index (κ3) is 6.80. The molecule has 2 spiro atoms. The van der Waals surface area contributed by atoms with E-state index in [4.69, 9.17) is 28.4 Å². The number of hydrogen-bond acceptors (Lipinski definition) is 12. The molecule has 0 saturated carbocycles. The van der Waals surface area contributed by atoms with Crippen molar-refractivity contribution in [2.45, 2.75) is 24.5 Å². The zero-order chi connectivity index (χ0) is 32.7. The van der Waals surface area contributed by atoms with Gasteiger partial charge in [-0.1, -0.05) is 78.9 Å². The number of benzene rings is 3. The Labute approximate surface area is 270 Å². The van der Waals surface area contributed by atoms with Crippen LogP contribution in [0.4, 0.5) is 0 Å². The maximum atomic E-state index is 13.2. The van der Waals surface area contributed by atoms with E-state index in [1.807, 2.05) is 78.9 Å². The predicted molar refractivity (Wildman–Crippen MR) is 164 cm³/mol. The first kappa shape index (κ1) is 31.7. The normalized spacial score (nSPS) is 19.7. The molecule has 3 aromatic carbocycles. The molecular formula is C35H32N2O10. The van der Waals surface area contributed by atoms with Crippen LogP contribution in [-0.4, -0.2) is 78.3 Å². The lowest BCUT2D eigenvalue weighted by molar-refractivity contribution is -0.468. The molecule has 0 aliphatic carbocycles. The van der Waals surface area contributed by atoms with Crippen molar-refractivity contribution in [1.29, 1.82) is 0 Å². The van der Waals surface area contributed by atoms with Gasteiger partial charge in [-0.3, -0.25) is 0 Å². The highest BCUT2D eigenvalue weighted by Gasteiger charge is 2.75. The first-order valence-corrected chi connectivity index (χ1v) is 15.0. The molecule has 3 aliphatic rings. The highest BCUT2D eigenvalue weighted by Crippen LogP contribution is 2.47. The van der Waals surface area contributed by atoms with E-state index in [1.54, 1.807) is 12.1 Å². The van der Waals surface area contributed by atoms with E-state index in [1.165, 1.54) is 9.80 Å². The number of ether oxygens (including phenoxy) is 6. The lowest BCUT2D eigenvalue weighted by atomic mass is 10.0. The van der Waals surface area contributed by atoms with Crippen LogP contribution in [0, 0.1) is 0 Å². The minimum absolute atomic E-state index is 0.00587. The third-order valence-corrected chi connectivity index (χ3v) is 7.79. The van der Waals surface area contributed by atoms with Crippen molar-refractivity contribution in [3.63, 3.8) is 0 Å². The smallest absolute Gasteiger partial charge is 0.420 e. The summed E-state index contributed by atoms with van der Waals surface area (Å²) in [5, 5.41) is 0. The summed E-state index contributed by atoms with van der Waals surface area (Å²) in [6.07, 6.45) is 3.56. The fourth-order valence-corrected chi connectivity index (χ4v) is 5.72. The Bertz CT molecular complexity index is 1600. The van der Waals surface area contributed by atoms with E-state index in [-0.39, 0.29) is 39.5 Å². The zero-order valence-corrected chi connectivity index (χ0v) is 25.3. The van der Waals surface area contributed by atoms with E-state index >= 15 is 0 Å². The third-order valence-electron chi connectivity index (χ3n) is 7.79. The van der Waals surface area contributed by atoms with Gasteiger partial charge in [-0.25, -0.2) is 29.0 Å². The summed E-state index contributed by atoms with van der Waals surface area (Å²) in [5.74, 6) is -8.65. The lowest BCUT2D eigenvalue weighted by Crippen LogP contribution is -2.81. The molecule has 1 saturated heterocycles. The van der Waals surface area contributed by atoms with Crippen molar-refractivity contribution in [2.24, 2.45) is 0 Å². The van der Waals surface area contributed by atoms with Gasteiger partial charge in [0.1, 0.15) is 12.4 Å². The maximum absolute atomic E-state index is 13.2. The van der Waals surface area contributed by atoms with Crippen LogP contribution >= 0.6 is 0 Å².